The summed E-state index contributed by atoms with van der Waals surface area (Å²) in [6.07, 6.45) is 3.46. The number of aliphatic hydroxyl groups excluding tert-OH is 1. The third kappa shape index (κ3) is 5.24. The molecule has 2 N–H and O–H groups in total. The summed E-state index contributed by atoms with van der Waals surface area (Å²) in [5, 5.41) is 28.0. The van der Waals surface area contributed by atoms with Crippen LogP contribution in [0.5, 0.6) is 5.75 Å². The quantitative estimate of drug-likeness (QED) is 0.278. The molecule has 5 rings (SSSR count). The second kappa shape index (κ2) is 10.3. The first-order valence-corrected chi connectivity index (χ1v) is 13.1. The molecular weight excluding hydrogens is 476 g/mol. The topological polar surface area (TPSA) is 119 Å². The van der Waals surface area contributed by atoms with Gasteiger partial charge < -0.3 is 19.7 Å². The number of anilines is 2. The molecule has 3 heterocycles. The first-order chi connectivity index (χ1) is 17.4. The van der Waals surface area contributed by atoms with Gasteiger partial charge in [-0.1, -0.05) is 42.0 Å². The van der Waals surface area contributed by atoms with E-state index in [4.69, 9.17) is 19.2 Å². The van der Waals surface area contributed by atoms with E-state index in [2.05, 4.69) is 20.7 Å². The molecule has 0 spiro atoms. The molecule has 188 valence electrons. The predicted octanol–water partition coefficient (Wildman–Crippen LogP) is 5.74. The number of hydrogen-bond acceptors (Lipinski definition) is 10. The zero-order valence-corrected chi connectivity index (χ0v) is 21.7. The molecule has 1 aromatic carbocycles. The van der Waals surface area contributed by atoms with E-state index < -0.39 is 6.10 Å². The summed E-state index contributed by atoms with van der Waals surface area (Å²) < 4.78 is 11.3. The van der Waals surface area contributed by atoms with E-state index >= 15 is 0 Å². The molecule has 0 saturated heterocycles. The van der Waals surface area contributed by atoms with E-state index in [0.29, 0.717) is 40.6 Å². The van der Waals surface area contributed by atoms with Crippen molar-refractivity contribution in [1.82, 2.24) is 25.3 Å². The Bertz CT molecular complexity index is 1340. The highest BCUT2D eigenvalue weighted by Crippen LogP contribution is 2.42. The average Bonchev–Trinajstić information content (AvgIpc) is 3.53. The lowest BCUT2D eigenvalue weighted by atomic mass is 10.0. The summed E-state index contributed by atoms with van der Waals surface area (Å²) >= 11 is 1.57. The van der Waals surface area contributed by atoms with Gasteiger partial charge in [0.25, 0.3) is 0 Å². The van der Waals surface area contributed by atoms with Gasteiger partial charge in [-0.3, -0.25) is 0 Å². The van der Waals surface area contributed by atoms with Gasteiger partial charge in [-0.2, -0.15) is 0 Å². The lowest BCUT2D eigenvalue weighted by Crippen LogP contribution is -2.16. The van der Waals surface area contributed by atoms with Crippen molar-refractivity contribution in [2.45, 2.75) is 65.4 Å². The summed E-state index contributed by atoms with van der Waals surface area (Å²) in [6.45, 7) is 8.04. The van der Waals surface area contributed by atoms with Gasteiger partial charge in [-0.15, -0.1) is 10.2 Å². The van der Waals surface area contributed by atoms with Crippen molar-refractivity contribution in [3.63, 3.8) is 0 Å². The molecule has 10 heteroatoms. The molecule has 36 heavy (non-hydrogen) atoms. The maximum Gasteiger partial charge on any atom is 0.211 e. The van der Waals surface area contributed by atoms with E-state index in [0.717, 1.165) is 39.5 Å². The predicted molar refractivity (Wildman–Crippen MR) is 139 cm³/mol. The highest BCUT2D eigenvalue weighted by atomic mass is 32.1. The molecule has 1 saturated carbocycles. The smallest absolute Gasteiger partial charge is 0.211 e. The maximum atomic E-state index is 10.1. The standard InChI is InChI=1S/C26H30N6O3S/c1-5-7-19(33)13-34-20-9-6-8-18(12-20)24-27-22(21-15(3)32-35-16(21)4)14(2)23(28-24)29-26-31-30-25(36-26)17-10-11-17/h6,8-9,12,17,19,33H,5,7,10-11,13H2,1-4H3,(H,27,28,29,31). The van der Waals surface area contributed by atoms with Crippen molar-refractivity contribution in [3.8, 4) is 28.4 Å². The SMILES string of the molecule is CCCC(O)COc1cccc(-c2nc(Nc3nnc(C4CC4)s3)c(C)c(-c3c(C)noc3C)n2)c1. The zero-order chi connectivity index (χ0) is 25.2. The lowest BCUT2D eigenvalue weighted by Gasteiger charge is -2.14. The average molecular weight is 507 g/mol. The van der Waals surface area contributed by atoms with Crippen LogP contribution < -0.4 is 10.1 Å². The van der Waals surface area contributed by atoms with Crippen LogP contribution >= 0.6 is 11.3 Å². The number of nitrogens with zero attached hydrogens (tertiary/aromatic N) is 5. The minimum absolute atomic E-state index is 0.240. The highest BCUT2D eigenvalue weighted by molar-refractivity contribution is 7.15. The van der Waals surface area contributed by atoms with Gasteiger partial charge in [0.2, 0.25) is 5.13 Å². The monoisotopic (exact) mass is 506 g/mol. The number of aryl methyl sites for hydroxylation is 2. The summed E-state index contributed by atoms with van der Waals surface area (Å²) in [7, 11) is 0. The number of rotatable bonds is 10. The van der Waals surface area contributed by atoms with Gasteiger partial charge in [0, 0.05) is 17.0 Å². The molecule has 1 aliphatic rings. The number of aliphatic hydroxyl groups is 1. The van der Waals surface area contributed by atoms with Gasteiger partial charge in [-0.05, 0) is 52.2 Å². The summed E-state index contributed by atoms with van der Waals surface area (Å²) in [5.41, 5.74) is 4.02. The molecule has 1 atom stereocenters. The third-order valence-electron chi connectivity index (χ3n) is 6.17. The van der Waals surface area contributed by atoms with Gasteiger partial charge >= 0.3 is 0 Å². The Kier molecular flexibility index (Phi) is 6.97. The second-order valence-corrected chi connectivity index (χ2v) is 10.2. The van der Waals surface area contributed by atoms with E-state index in [1.54, 1.807) is 11.3 Å². The Labute approximate surface area is 214 Å². The molecule has 0 bridgehead atoms. The number of benzene rings is 1. The molecule has 0 amide bonds. The lowest BCUT2D eigenvalue weighted by molar-refractivity contribution is 0.0994. The Morgan fingerprint density at radius 1 is 1.19 bits per heavy atom. The molecule has 0 radical (unpaired) electrons. The number of aromatic nitrogens is 5. The number of nitrogens with one attached hydrogen (secondary N) is 1. The zero-order valence-electron chi connectivity index (χ0n) is 20.9. The maximum absolute atomic E-state index is 10.1. The largest absolute Gasteiger partial charge is 0.491 e. The van der Waals surface area contributed by atoms with Crippen molar-refractivity contribution >= 4 is 22.3 Å². The van der Waals surface area contributed by atoms with E-state index in [-0.39, 0.29) is 6.61 Å². The van der Waals surface area contributed by atoms with Crippen LogP contribution in [0.1, 0.15) is 60.6 Å². The summed E-state index contributed by atoms with van der Waals surface area (Å²) in [4.78, 5) is 9.79. The first kappa shape index (κ1) is 24.3. The fraction of sp³-hybridized carbons (Fsp3) is 0.423. The van der Waals surface area contributed by atoms with E-state index in [1.807, 2.05) is 52.0 Å². The molecular formula is C26H30N6O3S. The van der Waals surface area contributed by atoms with Crippen LogP contribution in [0.25, 0.3) is 22.6 Å². The first-order valence-electron chi connectivity index (χ1n) is 12.3. The molecule has 1 aliphatic carbocycles. The normalized spacial score (nSPS) is 14.1. The van der Waals surface area contributed by atoms with Gasteiger partial charge in [0.05, 0.1) is 23.1 Å². The van der Waals surface area contributed by atoms with Crippen molar-refractivity contribution in [2.75, 3.05) is 11.9 Å². The third-order valence-corrected chi connectivity index (χ3v) is 7.17. The Hall–Kier alpha value is -3.37. The molecule has 9 nitrogen and oxygen atoms in total. The molecule has 1 fully saturated rings. The number of hydrogen-bond donors (Lipinski definition) is 2. The minimum Gasteiger partial charge on any atom is -0.491 e. The van der Waals surface area contributed by atoms with Crippen LogP contribution in [-0.4, -0.2) is 43.1 Å². The Balaban J connectivity index is 1.52. The molecule has 3 aromatic heterocycles. The second-order valence-electron chi connectivity index (χ2n) is 9.19. The van der Waals surface area contributed by atoms with Gasteiger partial charge in [0.1, 0.15) is 28.9 Å². The molecule has 1 unspecified atom stereocenters. The minimum atomic E-state index is -0.497. The van der Waals surface area contributed by atoms with Crippen LogP contribution in [0, 0.1) is 20.8 Å². The van der Waals surface area contributed by atoms with E-state index in [1.165, 1.54) is 12.8 Å². The van der Waals surface area contributed by atoms with Crippen molar-refractivity contribution < 1.29 is 14.4 Å². The Morgan fingerprint density at radius 3 is 2.75 bits per heavy atom. The van der Waals surface area contributed by atoms with Gasteiger partial charge in [0.15, 0.2) is 5.82 Å². The Morgan fingerprint density at radius 2 is 2.03 bits per heavy atom. The van der Waals surface area contributed by atoms with Crippen molar-refractivity contribution in [2.24, 2.45) is 0 Å². The summed E-state index contributed by atoms with van der Waals surface area (Å²) in [6, 6.07) is 7.60. The van der Waals surface area contributed by atoms with Gasteiger partial charge in [-0.25, -0.2) is 9.97 Å². The van der Waals surface area contributed by atoms with Crippen molar-refractivity contribution in [1.29, 1.82) is 0 Å². The van der Waals surface area contributed by atoms with E-state index in [9.17, 15) is 5.11 Å². The van der Waals surface area contributed by atoms with Crippen LogP contribution in [0.15, 0.2) is 28.8 Å². The fourth-order valence-electron chi connectivity index (χ4n) is 4.05. The van der Waals surface area contributed by atoms with Crippen LogP contribution in [-0.2, 0) is 0 Å². The molecule has 4 aromatic rings. The highest BCUT2D eigenvalue weighted by Gasteiger charge is 2.28. The van der Waals surface area contributed by atoms with Crippen LogP contribution in [0.4, 0.5) is 10.9 Å². The van der Waals surface area contributed by atoms with Crippen LogP contribution in [0.3, 0.4) is 0 Å². The molecule has 0 aliphatic heterocycles. The van der Waals surface area contributed by atoms with Crippen LogP contribution in [0.2, 0.25) is 0 Å². The number of ether oxygens (including phenoxy) is 1. The fourth-order valence-corrected chi connectivity index (χ4v) is 4.96. The van der Waals surface area contributed by atoms with Crippen molar-refractivity contribution in [3.05, 3.63) is 46.3 Å². The summed E-state index contributed by atoms with van der Waals surface area (Å²) in [5.74, 6) is 3.07.